The maximum absolute atomic E-state index is 11.1. The highest BCUT2D eigenvalue weighted by molar-refractivity contribution is 5.66. The number of rotatable bonds is 4. The lowest BCUT2D eigenvalue weighted by atomic mass is 9.76. The lowest BCUT2D eigenvalue weighted by Crippen LogP contribution is -2.52. The summed E-state index contributed by atoms with van der Waals surface area (Å²) in [5.74, 6) is 2.52. The zero-order valence-corrected chi connectivity index (χ0v) is 10.8. The highest BCUT2D eigenvalue weighted by atomic mass is 16.4. The first-order valence-electron chi connectivity index (χ1n) is 7.16. The summed E-state index contributed by atoms with van der Waals surface area (Å²) in [5, 5.41) is 20.5. The maximum atomic E-state index is 11.1. The van der Waals surface area contributed by atoms with Crippen LogP contribution < -0.4 is 5.32 Å². The molecule has 4 rings (SSSR count). The third-order valence-corrected chi connectivity index (χ3v) is 4.56. The van der Waals surface area contributed by atoms with Gasteiger partial charge in [-0.2, -0.15) is 0 Å². The number of aromatic nitrogens is 3. The highest BCUT2D eigenvalue weighted by Crippen LogP contribution is 2.49. The van der Waals surface area contributed by atoms with Crippen molar-refractivity contribution in [2.45, 2.75) is 62.4 Å². The molecular formula is C13H18N4O2. The van der Waals surface area contributed by atoms with Gasteiger partial charge >= 0.3 is 6.09 Å². The van der Waals surface area contributed by atoms with E-state index in [1.165, 1.54) is 25.7 Å². The van der Waals surface area contributed by atoms with Gasteiger partial charge in [-0.05, 0) is 44.9 Å². The van der Waals surface area contributed by atoms with Gasteiger partial charge in [-0.15, -0.1) is 10.2 Å². The Balaban J connectivity index is 1.75. The molecule has 102 valence electrons. The van der Waals surface area contributed by atoms with E-state index >= 15 is 0 Å². The van der Waals surface area contributed by atoms with Crippen molar-refractivity contribution < 1.29 is 9.90 Å². The Bertz CT molecular complexity index is 527. The van der Waals surface area contributed by atoms with Crippen LogP contribution in [0.3, 0.4) is 0 Å². The van der Waals surface area contributed by atoms with E-state index in [1.54, 1.807) is 0 Å². The molecule has 0 aliphatic heterocycles. The number of hydrogen-bond acceptors (Lipinski definition) is 3. The fourth-order valence-corrected chi connectivity index (χ4v) is 3.08. The normalized spacial score (nSPS) is 24.8. The van der Waals surface area contributed by atoms with Crippen LogP contribution in [0.15, 0.2) is 0 Å². The molecule has 0 spiro atoms. The summed E-state index contributed by atoms with van der Waals surface area (Å²) in [6, 6.07) is 0.508. The third-order valence-electron chi connectivity index (χ3n) is 4.56. The van der Waals surface area contributed by atoms with Crippen LogP contribution in [-0.2, 0) is 5.54 Å². The number of nitrogens with zero attached hydrogens (tertiary/aromatic N) is 3. The van der Waals surface area contributed by atoms with Gasteiger partial charge in [-0.1, -0.05) is 0 Å². The van der Waals surface area contributed by atoms with Gasteiger partial charge in [0.1, 0.15) is 11.4 Å². The average Bonchev–Trinajstić information content (AvgIpc) is 3.22. The first kappa shape index (κ1) is 11.3. The molecule has 1 heterocycles. The van der Waals surface area contributed by atoms with Crippen molar-refractivity contribution in [3.63, 3.8) is 0 Å². The summed E-state index contributed by atoms with van der Waals surface area (Å²) in [7, 11) is 0. The molecule has 6 heteroatoms. The molecule has 1 aromatic heterocycles. The molecule has 0 atom stereocenters. The summed E-state index contributed by atoms with van der Waals surface area (Å²) in [4.78, 5) is 11.1. The van der Waals surface area contributed by atoms with E-state index in [2.05, 4.69) is 20.1 Å². The second kappa shape index (κ2) is 3.71. The Labute approximate surface area is 111 Å². The monoisotopic (exact) mass is 262 g/mol. The van der Waals surface area contributed by atoms with Gasteiger partial charge in [-0.25, -0.2) is 4.79 Å². The van der Waals surface area contributed by atoms with Crippen molar-refractivity contribution in [2.24, 2.45) is 0 Å². The molecule has 3 fully saturated rings. The van der Waals surface area contributed by atoms with E-state index in [0.717, 1.165) is 30.9 Å². The van der Waals surface area contributed by atoms with Gasteiger partial charge in [0.05, 0.1) is 0 Å². The van der Waals surface area contributed by atoms with Gasteiger partial charge in [0, 0.05) is 12.0 Å². The van der Waals surface area contributed by atoms with Crippen LogP contribution in [-0.4, -0.2) is 26.0 Å². The molecular weight excluding hydrogens is 244 g/mol. The third kappa shape index (κ3) is 1.73. The van der Waals surface area contributed by atoms with Crippen LogP contribution in [0.25, 0.3) is 0 Å². The van der Waals surface area contributed by atoms with Crippen LogP contribution in [0.5, 0.6) is 0 Å². The summed E-state index contributed by atoms with van der Waals surface area (Å²) < 4.78 is 2.26. The Hall–Kier alpha value is -1.59. The van der Waals surface area contributed by atoms with E-state index in [1.807, 2.05) is 0 Å². The topological polar surface area (TPSA) is 80.0 Å². The Kier molecular flexibility index (Phi) is 2.20. The Morgan fingerprint density at radius 2 is 2.00 bits per heavy atom. The average molecular weight is 262 g/mol. The molecule has 0 aromatic carbocycles. The van der Waals surface area contributed by atoms with Crippen molar-refractivity contribution >= 4 is 6.09 Å². The van der Waals surface area contributed by atoms with E-state index in [0.29, 0.717) is 12.0 Å². The van der Waals surface area contributed by atoms with Gasteiger partial charge in [0.25, 0.3) is 0 Å². The zero-order chi connectivity index (χ0) is 13.0. The molecule has 0 radical (unpaired) electrons. The smallest absolute Gasteiger partial charge is 0.405 e. The van der Waals surface area contributed by atoms with Crippen molar-refractivity contribution in [1.82, 2.24) is 20.1 Å². The minimum atomic E-state index is -0.960. The lowest BCUT2D eigenvalue weighted by molar-refractivity contribution is 0.135. The van der Waals surface area contributed by atoms with Crippen LogP contribution in [0, 0.1) is 0 Å². The maximum Gasteiger partial charge on any atom is 0.405 e. The van der Waals surface area contributed by atoms with E-state index in [9.17, 15) is 4.79 Å². The van der Waals surface area contributed by atoms with Gasteiger partial charge < -0.3 is 15.0 Å². The number of nitrogens with one attached hydrogen (secondary N) is 1. The summed E-state index contributed by atoms with van der Waals surface area (Å²) in [6.07, 6.45) is 6.52. The molecule has 19 heavy (non-hydrogen) atoms. The fourth-order valence-electron chi connectivity index (χ4n) is 3.08. The van der Waals surface area contributed by atoms with E-state index in [-0.39, 0.29) is 0 Å². The second-order valence-corrected chi connectivity index (χ2v) is 6.12. The SMILES string of the molecule is O=C(O)NC1(c2nnc(C3CC3)n2C2CC2)CCC1. The molecule has 2 N–H and O–H groups in total. The minimum absolute atomic E-state index is 0.478. The number of carbonyl (C=O) groups is 1. The molecule has 6 nitrogen and oxygen atoms in total. The number of amides is 1. The van der Waals surface area contributed by atoms with Crippen molar-refractivity contribution in [2.75, 3.05) is 0 Å². The van der Waals surface area contributed by atoms with Crippen molar-refractivity contribution in [3.8, 4) is 0 Å². The molecule has 3 aliphatic rings. The highest BCUT2D eigenvalue weighted by Gasteiger charge is 2.48. The number of hydrogen-bond donors (Lipinski definition) is 2. The molecule has 1 amide bonds. The Morgan fingerprint density at radius 3 is 2.47 bits per heavy atom. The minimum Gasteiger partial charge on any atom is -0.465 e. The molecule has 0 unspecified atom stereocenters. The van der Waals surface area contributed by atoms with E-state index < -0.39 is 11.6 Å². The molecule has 3 aliphatic carbocycles. The molecule has 1 aromatic rings. The fraction of sp³-hybridized carbons (Fsp3) is 0.769. The quantitative estimate of drug-likeness (QED) is 0.871. The summed E-state index contributed by atoms with van der Waals surface area (Å²) in [6.45, 7) is 0. The van der Waals surface area contributed by atoms with Gasteiger partial charge in [-0.3, -0.25) is 0 Å². The van der Waals surface area contributed by atoms with Crippen LogP contribution in [0.2, 0.25) is 0 Å². The predicted molar refractivity (Wildman–Crippen MR) is 67.0 cm³/mol. The standard InChI is InChI=1S/C13H18N4O2/c18-12(19)14-13(6-1-7-13)11-16-15-10(8-2-3-8)17(11)9-4-5-9/h8-9,14H,1-7H2,(H,18,19). The van der Waals surface area contributed by atoms with Crippen LogP contribution in [0.4, 0.5) is 4.79 Å². The molecule has 0 bridgehead atoms. The molecule has 0 saturated heterocycles. The first-order chi connectivity index (χ1) is 9.20. The summed E-state index contributed by atoms with van der Waals surface area (Å²) >= 11 is 0. The Morgan fingerprint density at radius 1 is 1.26 bits per heavy atom. The van der Waals surface area contributed by atoms with Crippen LogP contribution in [0.1, 0.15) is 68.6 Å². The number of carboxylic acid groups (broad SMARTS) is 1. The second-order valence-electron chi connectivity index (χ2n) is 6.12. The van der Waals surface area contributed by atoms with Crippen molar-refractivity contribution in [1.29, 1.82) is 0 Å². The first-order valence-corrected chi connectivity index (χ1v) is 7.16. The van der Waals surface area contributed by atoms with Gasteiger partial charge in [0.2, 0.25) is 0 Å². The van der Waals surface area contributed by atoms with Crippen molar-refractivity contribution in [3.05, 3.63) is 11.6 Å². The lowest BCUT2D eigenvalue weighted by Gasteiger charge is -2.40. The largest absolute Gasteiger partial charge is 0.465 e. The van der Waals surface area contributed by atoms with E-state index in [4.69, 9.17) is 5.11 Å². The molecule has 3 saturated carbocycles. The van der Waals surface area contributed by atoms with Gasteiger partial charge in [0.15, 0.2) is 5.82 Å². The summed E-state index contributed by atoms with van der Waals surface area (Å²) in [5.41, 5.74) is -0.478. The zero-order valence-electron chi connectivity index (χ0n) is 10.8. The predicted octanol–water partition coefficient (Wildman–Crippen LogP) is 2.14. The van der Waals surface area contributed by atoms with Crippen LogP contribution >= 0.6 is 0 Å².